The van der Waals surface area contributed by atoms with Crippen LogP contribution in [0.1, 0.15) is 63.2 Å². The van der Waals surface area contributed by atoms with E-state index in [4.69, 9.17) is 9.78 Å². The van der Waals surface area contributed by atoms with Crippen LogP contribution in [0.4, 0.5) is 0 Å². The lowest BCUT2D eigenvalue weighted by Gasteiger charge is -2.32. The molecule has 1 aliphatic rings. The molecule has 0 aliphatic heterocycles. The molecule has 3 aromatic carbocycles. The first-order valence-electron chi connectivity index (χ1n) is 10.3. The summed E-state index contributed by atoms with van der Waals surface area (Å²) in [6, 6.07) is 22.2. The van der Waals surface area contributed by atoms with E-state index in [2.05, 4.69) is 51.1 Å². The highest BCUT2D eigenvalue weighted by molar-refractivity contribution is 5.94. The van der Waals surface area contributed by atoms with Gasteiger partial charge in [-0.05, 0) is 65.3 Å². The quantitative estimate of drug-likeness (QED) is 0.389. The number of benzene rings is 3. The Morgan fingerprint density at radius 1 is 0.806 bits per heavy atom. The van der Waals surface area contributed by atoms with E-state index in [9.17, 15) is 9.59 Å². The van der Waals surface area contributed by atoms with Crippen LogP contribution in [0.3, 0.4) is 0 Å². The summed E-state index contributed by atoms with van der Waals surface area (Å²) in [5.74, 6) is -1.42. The van der Waals surface area contributed by atoms with Gasteiger partial charge in [-0.1, -0.05) is 74.0 Å². The summed E-state index contributed by atoms with van der Waals surface area (Å²) < 4.78 is 0. The van der Waals surface area contributed by atoms with Crippen molar-refractivity contribution in [3.8, 4) is 0 Å². The maximum absolute atomic E-state index is 12.6. The van der Waals surface area contributed by atoms with Crippen LogP contribution in [0.25, 0.3) is 5.57 Å². The van der Waals surface area contributed by atoms with Crippen molar-refractivity contribution in [2.75, 3.05) is 0 Å². The van der Waals surface area contributed by atoms with E-state index in [1.54, 1.807) is 36.4 Å². The van der Waals surface area contributed by atoms with Crippen molar-refractivity contribution in [2.45, 2.75) is 32.6 Å². The molecule has 0 unspecified atom stereocenters. The van der Waals surface area contributed by atoms with Crippen molar-refractivity contribution in [2.24, 2.45) is 0 Å². The standard InChI is InChI=1S/C27H24O4/c1-18-9-11-19(12-10-18)22-15-16-27(2,3)24-14-13-21(17-23(22)24)26(29)31-30-25(28)20-7-5-4-6-8-20/h4-15,17H,16H2,1-3H3. The first-order valence-corrected chi connectivity index (χ1v) is 10.3. The summed E-state index contributed by atoms with van der Waals surface area (Å²) in [7, 11) is 0. The summed E-state index contributed by atoms with van der Waals surface area (Å²) in [5.41, 5.74) is 6.13. The van der Waals surface area contributed by atoms with Crippen LogP contribution in [0.15, 0.2) is 78.9 Å². The van der Waals surface area contributed by atoms with Crippen molar-refractivity contribution < 1.29 is 19.4 Å². The second kappa shape index (κ2) is 8.23. The number of hydrogen-bond donors (Lipinski definition) is 0. The molecular weight excluding hydrogens is 388 g/mol. The smallest absolute Gasteiger partial charge is 0.242 e. The molecule has 31 heavy (non-hydrogen) atoms. The fraction of sp³-hybridized carbons (Fsp3) is 0.185. The van der Waals surface area contributed by atoms with Gasteiger partial charge in [0.15, 0.2) is 0 Å². The minimum atomic E-state index is -0.715. The maximum atomic E-state index is 12.6. The number of carbonyl (C=O) groups is 2. The summed E-state index contributed by atoms with van der Waals surface area (Å²) in [6.45, 7) is 6.43. The van der Waals surface area contributed by atoms with Crippen LogP contribution in [-0.2, 0) is 15.2 Å². The van der Waals surface area contributed by atoms with E-state index in [1.807, 2.05) is 12.1 Å². The molecule has 3 aromatic rings. The lowest BCUT2D eigenvalue weighted by molar-refractivity contribution is -0.187. The molecule has 0 amide bonds. The summed E-state index contributed by atoms with van der Waals surface area (Å²) >= 11 is 0. The van der Waals surface area contributed by atoms with Gasteiger partial charge in [-0.25, -0.2) is 19.4 Å². The molecule has 0 saturated carbocycles. The zero-order valence-electron chi connectivity index (χ0n) is 17.8. The first-order chi connectivity index (χ1) is 14.8. The molecule has 1 aliphatic carbocycles. The Morgan fingerprint density at radius 2 is 1.45 bits per heavy atom. The van der Waals surface area contributed by atoms with E-state index in [1.165, 1.54) is 11.1 Å². The Bertz CT molecular complexity index is 1160. The van der Waals surface area contributed by atoms with Crippen LogP contribution in [0.5, 0.6) is 0 Å². The van der Waals surface area contributed by atoms with E-state index in [0.717, 1.165) is 23.1 Å². The topological polar surface area (TPSA) is 52.6 Å². The Labute approximate surface area is 182 Å². The minimum Gasteiger partial charge on any atom is -0.242 e. The number of fused-ring (bicyclic) bond motifs is 1. The van der Waals surface area contributed by atoms with Gasteiger partial charge in [-0.15, -0.1) is 0 Å². The molecule has 4 rings (SSSR count). The van der Waals surface area contributed by atoms with Gasteiger partial charge >= 0.3 is 11.9 Å². The van der Waals surface area contributed by atoms with E-state index < -0.39 is 11.9 Å². The molecule has 0 spiro atoms. The van der Waals surface area contributed by atoms with Crippen molar-refractivity contribution in [1.82, 2.24) is 0 Å². The van der Waals surface area contributed by atoms with E-state index in [-0.39, 0.29) is 5.41 Å². The van der Waals surface area contributed by atoms with E-state index >= 15 is 0 Å². The molecule has 0 atom stereocenters. The molecule has 0 bridgehead atoms. The number of rotatable bonds is 3. The van der Waals surface area contributed by atoms with E-state index in [0.29, 0.717) is 11.1 Å². The van der Waals surface area contributed by atoms with Crippen molar-refractivity contribution in [3.63, 3.8) is 0 Å². The monoisotopic (exact) mass is 412 g/mol. The largest absolute Gasteiger partial charge is 0.386 e. The molecule has 0 fully saturated rings. The minimum absolute atomic E-state index is 0.0499. The van der Waals surface area contributed by atoms with Crippen molar-refractivity contribution in [1.29, 1.82) is 0 Å². The third-order valence-electron chi connectivity index (χ3n) is 5.66. The molecule has 156 valence electrons. The van der Waals surface area contributed by atoms with Gasteiger partial charge in [0.1, 0.15) is 0 Å². The van der Waals surface area contributed by atoms with Gasteiger partial charge in [0.2, 0.25) is 0 Å². The van der Waals surface area contributed by atoms with Crippen LogP contribution < -0.4 is 0 Å². The van der Waals surface area contributed by atoms with Crippen molar-refractivity contribution >= 4 is 17.5 Å². The van der Waals surface area contributed by atoms with Crippen LogP contribution in [0, 0.1) is 6.92 Å². The molecular formula is C27H24O4. The van der Waals surface area contributed by atoms with Crippen LogP contribution in [-0.4, -0.2) is 11.9 Å². The molecule has 0 saturated heterocycles. The first kappa shape index (κ1) is 20.6. The fourth-order valence-corrected chi connectivity index (χ4v) is 3.81. The van der Waals surface area contributed by atoms with Gasteiger partial charge < -0.3 is 0 Å². The van der Waals surface area contributed by atoms with Gasteiger partial charge in [-0.2, -0.15) is 0 Å². The summed E-state index contributed by atoms with van der Waals surface area (Å²) in [6.07, 6.45) is 3.12. The highest BCUT2D eigenvalue weighted by Gasteiger charge is 2.29. The number of carbonyl (C=O) groups excluding carboxylic acids is 2. The molecule has 0 aromatic heterocycles. The average molecular weight is 412 g/mol. The SMILES string of the molecule is Cc1ccc(C2=CCC(C)(C)c3ccc(C(=O)OOC(=O)c4ccccc4)cc32)cc1. The van der Waals surface area contributed by atoms with Gasteiger partial charge in [0, 0.05) is 0 Å². The van der Waals surface area contributed by atoms with Crippen LogP contribution >= 0.6 is 0 Å². The molecule has 0 N–H and O–H groups in total. The Hall–Kier alpha value is -3.66. The lowest BCUT2D eigenvalue weighted by Crippen LogP contribution is -2.22. The Morgan fingerprint density at radius 3 is 2.13 bits per heavy atom. The van der Waals surface area contributed by atoms with Crippen LogP contribution in [0.2, 0.25) is 0 Å². The zero-order valence-corrected chi connectivity index (χ0v) is 17.8. The third kappa shape index (κ3) is 4.29. The summed E-state index contributed by atoms with van der Waals surface area (Å²) in [4.78, 5) is 34.2. The predicted octanol–water partition coefficient (Wildman–Crippen LogP) is 6.04. The van der Waals surface area contributed by atoms with Gasteiger partial charge in [0.25, 0.3) is 0 Å². The summed E-state index contributed by atoms with van der Waals surface area (Å²) in [5, 5.41) is 0. The predicted molar refractivity (Wildman–Crippen MR) is 120 cm³/mol. The lowest BCUT2D eigenvalue weighted by atomic mass is 9.72. The normalized spacial score (nSPS) is 14.2. The highest BCUT2D eigenvalue weighted by atomic mass is 17.2. The van der Waals surface area contributed by atoms with Gasteiger partial charge in [-0.3, -0.25) is 0 Å². The Kier molecular flexibility index (Phi) is 5.47. The second-order valence-electron chi connectivity index (χ2n) is 8.44. The fourth-order valence-electron chi connectivity index (χ4n) is 3.81. The second-order valence-corrected chi connectivity index (χ2v) is 8.44. The van der Waals surface area contributed by atoms with Crippen molar-refractivity contribution in [3.05, 3.63) is 112 Å². The molecule has 0 radical (unpaired) electrons. The Balaban J connectivity index is 1.60. The van der Waals surface area contributed by atoms with Gasteiger partial charge in [0.05, 0.1) is 11.1 Å². The average Bonchev–Trinajstić information content (AvgIpc) is 2.78. The molecule has 4 heteroatoms. The highest BCUT2D eigenvalue weighted by Crippen LogP contribution is 2.41. The third-order valence-corrected chi connectivity index (χ3v) is 5.66. The maximum Gasteiger partial charge on any atom is 0.386 e. The number of allylic oxidation sites excluding steroid dienone is 1. The molecule has 0 heterocycles. The number of aryl methyl sites for hydroxylation is 1. The molecule has 4 nitrogen and oxygen atoms in total. The number of hydrogen-bond acceptors (Lipinski definition) is 4. The zero-order chi connectivity index (χ0) is 22.0.